The van der Waals surface area contributed by atoms with Crippen molar-refractivity contribution < 1.29 is 14.3 Å². The summed E-state index contributed by atoms with van der Waals surface area (Å²) in [6.45, 7) is 4.50. The Kier molecular flexibility index (Phi) is 5.87. The third kappa shape index (κ3) is 3.97. The molecule has 0 bridgehead atoms. The van der Waals surface area contributed by atoms with Crippen LogP contribution in [0.2, 0.25) is 0 Å². The summed E-state index contributed by atoms with van der Waals surface area (Å²) in [5.41, 5.74) is 2.08. The van der Waals surface area contributed by atoms with Crippen LogP contribution in [0.25, 0.3) is 0 Å². The van der Waals surface area contributed by atoms with Crippen molar-refractivity contribution in [2.45, 2.75) is 32.1 Å². The minimum absolute atomic E-state index is 0.141. The standard InChI is InChI=1S/C16H23NO3/c1-2-3-10-19-11-12-20-16(18)14-8-9-17-15-7-5-4-6-13(14)15/h4-7,14,17H,2-3,8-12H2,1H3. The molecule has 1 aromatic rings. The van der Waals surface area contributed by atoms with E-state index >= 15 is 0 Å². The summed E-state index contributed by atoms with van der Waals surface area (Å²) in [6.07, 6.45) is 2.95. The molecule has 4 nitrogen and oxygen atoms in total. The molecule has 0 amide bonds. The van der Waals surface area contributed by atoms with Gasteiger partial charge in [0.25, 0.3) is 0 Å². The van der Waals surface area contributed by atoms with Gasteiger partial charge < -0.3 is 14.8 Å². The molecule has 1 unspecified atom stereocenters. The van der Waals surface area contributed by atoms with E-state index in [-0.39, 0.29) is 11.9 Å². The van der Waals surface area contributed by atoms with Gasteiger partial charge in [-0.2, -0.15) is 0 Å². The molecule has 0 spiro atoms. The zero-order chi connectivity index (χ0) is 14.2. The first kappa shape index (κ1) is 14.9. The molecule has 110 valence electrons. The smallest absolute Gasteiger partial charge is 0.313 e. The summed E-state index contributed by atoms with van der Waals surface area (Å²) in [4.78, 5) is 12.1. The Morgan fingerprint density at radius 3 is 3.00 bits per heavy atom. The highest BCUT2D eigenvalue weighted by atomic mass is 16.6. The molecule has 1 N–H and O–H groups in total. The van der Waals surface area contributed by atoms with E-state index in [0.29, 0.717) is 13.2 Å². The molecule has 2 rings (SSSR count). The van der Waals surface area contributed by atoms with Gasteiger partial charge in [-0.25, -0.2) is 0 Å². The third-order valence-corrected chi connectivity index (χ3v) is 3.48. The fraction of sp³-hybridized carbons (Fsp3) is 0.562. The molecule has 1 heterocycles. The largest absolute Gasteiger partial charge is 0.463 e. The average Bonchev–Trinajstić information content (AvgIpc) is 2.50. The molecule has 0 aliphatic carbocycles. The first-order valence-corrected chi connectivity index (χ1v) is 7.40. The molecule has 0 saturated carbocycles. The Balaban J connectivity index is 1.79. The quantitative estimate of drug-likeness (QED) is 0.615. The Bertz CT molecular complexity index is 433. The van der Waals surface area contributed by atoms with E-state index in [1.54, 1.807) is 0 Å². The summed E-state index contributed by atoms with van der Waals surface area (Å²) in [5, 5.41) is 3.31. The number of anilines is 1. The fourth-order valence-corrected chi connectivity index (χ4v) is 2.36. The molecule has 0 saturated heterocycles. The second-order valence-electron chi connectivity index (χ2n) is 4.99. The highest BCUT2D eigenvalue weighted by Gasteiger charge is 2.27. The Labute approximate surface area is 120 Å². The maximum atomic E-state index is 12.1. The van der Waals surface area contributed by atoms with Crippen molar-refractivity contribution in [2.24, 2.45) is 0 Å². The number of esters is 1. The van der Waals surface area contributed by atoms with Gasteiger partial charge >= 0.3 is 5.97 Å². The predicted molar refractivity (Wildman–Crippen MR) is 79.0 cm³/mol. The van der Waals surface area contributed by atoms with Crippen molar-refractivity contribution in [3.8, 4) is 0 Å². The SMILES string of the molecule is CCCCOCCOC(=O)C1CCNc2ccccc21. The summed E-state index contributed by atoms with van der Waals surface area (Å²) < 4.78 is 10.7. The number of rotatable bonds is 7. The number of benzene rings is 1. The zero-order valence-corrected chi connectivity index (χ0v) is 12.1. The number of fused-ring (bicyclic) bond motifs is 1. The first-order chi connectivity index (χ1) is 9.83. The van der Waals surface area contributed by atoms with E-state index in [4.69, 9.17) is 9.47 Å². The second kappa shape index (κ2) is 7.90. The number of para-hydroxylation sites is 1. The van der Waals surface area contributed by atoms with Crippen LogP contribution >= 0.6 is 0 Å². The lowest BCUT2D eigenvalue weighted by Gasteiger charge is -2.25. The average molecular weight is 277 g/mol. The van der Waals surface area contributed by atoms with Gasteiger partial charge in [0.2, 0.25) is 0 Å². The zero-order valence-electron chi connectivity index (χ0n) is 12.1. The molecule has 0 aromatic heterocycles. The van der Waals surface area contributed by atoms with Crippen LogP contribution in [0, 0.1) is 0 Å². The second-order valence-corrected chi connectivity index (χ2v) is 4.99. The fourth-order valence-electron chi connectivity index (χ4n) is 2.36. The molecule has 1 aliphatic rings. The summed E-state index contributed by atoms with van der Waals surface area (Å²) in [5.74, 6) is -0.291. The molecule has 1 aromatic carbocycles. The van der Waals surface area contributed by atoms with Gasteiger partial charge in [-0.05, 0) is 24.5 Å². The molecule has 0 fully saturated rings. The summed E-state index contributed by atoms with van der Waals surface area (Å²) in [6, 6.07) is 7.93. The lowest BCUT2D eigenvalue weighted by atomic mass is 9.91. The van der Waals surface area contributed by atoms with Crippen molar-refractivity contribution in [1.29, 1.82) is 0 Å². The molecular weight excluding hydrogens is 254 g/mol. The van der Waals surface area contributed by atoms with Gasteiger partial charge in [-0.15, -0.1) is 0 Å². The van der Waals surface area contributed by atoms with E-state index in [1.807, 2.05) is 24.3 Å². The van der Waals surface area contributed by atoms with Crippen molar-refractivity contribution in [1.82, 2.24) is 0 Å². The number of ether oxygens (including phenoxy) is 2. The van der Waals surface area contributed by atoms with Crippen molar-refractivity contribution in [2.75, 3.05) is 31.7 Å². The van der Waals surface area contributed by atoms with Gasteiger partial charge in [-0.3, -0.25) is 4.79 Å². The lowest BCUT2D eigenvalue weighted by molar-refractivity contribution is -0.147. The van der Waals surface area contributed by atoms with Crippen LogP contribution < -0.4 is 5.32 Å². The van der Waals surface area contributed by atoms with Crippen LogP contribution in [0.3, 0.4) is 0 Å². The first-order valence-electron chi connectivity index (χ1n) is 7.40. The van der Waals surface area contributed by atoms with Gasteiger partial charge in [0.1, 0.15) is 6.61 Å². The lowest BCUT2D eigenvalue weighted by Crippen LogP contribution is -2.25. The molecular formula is C16H23NO3. The Hall–Kier alpha value is -1.55. The van der Waals surface area contributed by atoms with Gasteiger partial charge in [-0.1, -0.05) is 31.5 Å². The van der Waals surface area contributed by atoms with Crippen LogP contribution in [-0.4, -0.2) is 32.3 Å². The molecule has 20 heavy (non-hydrogen) atoms. The number of nitrogens with one attached hydrogen (secondary N) is 1. The van der Waals surface area contributed by atoms with Crippen LogP contribution in [0.4, 0.5) is 5.69 Å². The number of carbonyl (C=O) groups is 1. The predicted octanol–water partition coefficient (Wildman–Crippen LogP) is 2.95. The van der Waals surface area contributed by atoms with E-state index in [2.05, 4.69) is 12.2 Å². The van der Waals surface area contributed by atoms with Gasteiger partial charge in [0.15, 0.2) is 0 Å². The van der Waals surface area contributed by atoms with Gasteiger partial charge in [0, 0.05) is 18.8 Å². The van der Waals surface area contributed by atoms with Crippen molar-refractivity contribution >= 4 is 11.7 Å². The van der Waals surface area contributed by atoms with Crippen molar-refractivity contribution in [3.05, 3.63) is 29.8 Å². The van der Waals surface area contributed by atoms with Crippen LogP contribution in [0.15, 0.2) is 24.3 Å². The van der Waals surface area contributed by atoms with Gasteiger partial charge in [0.05, 0.1) is 12.5 Å². The monoisotopic (exact) mass is 277 g/mol. The highest BCUT2D eigenvalue weighted by Crippen LogP contribution is 2.31. The molecule has 4 heteroatoms. The maximum absolute atomic E-state index is 12.1. The van der Waals surface area contributed by atoms with Crippen LogP contribution in [-0.2, 0) is 14.3 Å². The molecule has 1 aliphatic heterocycles. The summed E-state index contributed by atoms with van der Waals surface area (Å²) >= 11 is 0. The number of hydrogen-bond donors (Lipinski definition) is 1. The Morgan fingerprint density at radius 1 is 1.30 bits per heavy atom. The van der Waals surface area contributed by atoms with Crippen LogP contribution in [0.5, 0.6) is 0 Å². The molecule has 1 atom stereocenters. The minimum Gasteiger partial charge on any atom is -0.463 e. The van der Waals surface area contributed by atoms with Crippen molar-refractivity contribution in [3.63, 3.8) is 0 Å². The van der Waals surface area contributed by atoms with E-state index in [1.165, 1.54) is 0 Å². The third-order valence-electron chi connectivity index (χ3n) is 3.48. The topological polar surface area (TPSA) is 47.6 Å². The number of carbonyl (C=O) groups excluding carboxylic acids is 1. The normalized spacial score (nSPS) is 17.1. The van der Waals surface area contributed by atoms with E-state index in [0.717, 1.165) is 43.7 Å². The summed E-state index contributed by atoms with van der Waals surface area (Å²) in [7, 11) is 0. The Morgan fingerprint density at radius 2 is 2.15 bits per heavy atom. The maximum Gasteiger partial charge on any atom is 0.313 e. The van der Waals surface area contributed by atoms with E-state index in [9.17, 15) is 4.79 Å². The van der Waals surface area contributed by atoms with E-state index < -0.39 is 0 Å². The number of unbranched alkanes of at least 4 members (excludes halogenated alkanes) is 1. The number of hydrogen-bond acceptors (Lipinski definition) is 4. The van der Waals surface area contributed by atoms with Crippen LogP contribution in [0.1, 0.15) is 37.7 Å². The minimum atomic E-state index is -0.150. The molecule has 0 radical (unpaired) electrons. The highest BCUT2D eigenvalue weighted by molar-refractivity contribution is 5.81.